The summed E-state index contributed by atoms with van der Waals surface area (Å²) in [4.78, 5) is 35.3. The van der Waals surface area contributed by atoms with Gasteiger partial charge in [-0.3, -0.25) is 4.79 Å². The van der Waals surface area contributed by atoms with Crippen molar-refractivity contribution in [2.75, 3.05) is 5.75 Å². The van der Waals surface area contributed by atoms with Crippen LogP contribution in [0.4, 0.5) is 4.79 Å². The average molecular weight is 526 g/mol. The Morgan fingerprint density at radius 3 is 2.06 bits per heavy atom. The molecule has 2 rings (SSSR count). The number of fused-ring (bicyclic) bond motifs is 1. The number of urea groups is 1. The number of carboxylic acid groups (broad SMARTS) is 1. The van der Waals surface area contributed by atoms with E-state index in [1.807, 2.05) is 11.8 Å². The lowest BCUT2D eigenvalue weighted by Gasteiger charge is -2.17. The number of carbonyl (C=O) groups is 3. The largest absolute Gasteiger partial charge is 0.480 e. The quantitative estimate of drug-likeness (QED) is 0.100. The highest BCUT2D eigenvalue weighted by atomic mass is 32.2. The van der Waals surface area contributed by atoms with Gasteiger partial charge in [0.25, 0.3) is 0 Å². The molecule has 0 radical (unpaired) electrons. The predicted molar refractivity (Wildman–Crippen MR) is 148 cm³/mol. The summed E-state index contributed by atoms with van der Waals surface area (Å²) >= 11 is 1.88. The summed E-state index contributed by atoms with van der Waals surface area (Å²) in [5, 5.41) is 18.5. The van der Waals surface area contributed by atoms with E-state index in [1.54, 1.807) is 0 Å². The molecule has 0 aromatic carbocycles. The van der Waals surface area contributed by atoms with Gasteiger partial charge in [0.1, 0.15) is 6.04 Å². The van der Waals surface area contributed by atoms with Crippen molar-refractivity contribution < 1.29 is 19.5 Å². The van der Waals surface area contributed by atoms with Crippen LogP contribution in [0.5, 0.6) is 0 Å². The fraction of sp³-hybridized carbons (Fsp3) is 0.893. The first-order chi connectivity index (χ1) is 17.5. The third-order valence-electron chi connectivity index (χ3n) is 7.56. The summed E-state index contributed by atoms with van der Waals surface area (Å²) < 4.78 is 0. The summed E-state index contributed by atoms with van der Waals surface area (Å²) in [6.45, 7) is 2.26. The summed E-state index contributed by atoms with van der Waals surface area (Å²) in [7, 11) is 0. The molecule has 4 atom stereocenters. The Balaban J connectivity index is 1.42. The van der Waals surface area contributed by atoms with Gasteiger partial charge in [-0.15, -0.1) is 0 Å². The number of aliphatic carboxylic acids is 1. The summed E-state index contributed by atoms with van der Waals surface area (Å²) in [5.74, 6) is -0.162. The molecule has 2 heterocycles. The second-order valence-corrected chi connectivity index (χ2v) is 12.0. The van der Waals surface area contributed by atoms with Gasteiger partial charge in [0.05, 0.1) is 12.1 Å². The van der Waals surface area contributed by atoms with Gasteiger partial charge in [-0.2, -0.15) is 11.8 Å². The maximum atomic E-state index is 12.3. The van der Waals surface area contributed by atoms with Crippen LogP contribution in [0, 0.1) is 0 Å². The molecule has 0 spiro atoms. The van der Waals surface area contributed by atoms with Gasteiger partial charge in [0.15, 0.2) is 0 Å². The Morgan fingerprint density at radius 1 is 0.889 bits per heavy atom. The molecule has 2 aliphatic heterocycles. The third-order valence-corrected chi connectivity index (χ3v) is 9.07. The fourth-order valence-electron chi connectivity index (χ4n) is 5.34. The first-order valence-corrected chi connectivity index (χ1v) is 15.8. The first-order valence-electron chi connectivity index (χ1n) is 14.7. The molecule has 0 bridgehead atoms. The van der Waals surface area contributed by atoms with Crippen molar-refractivity contribution >= 4 is 29.7 Å². The van der Waals surface area contributed by atoms with E-state index in [9.17, 15) is 19.5 Å². The van der Waals surface area contributed by atoms with Crippen molar-refractivity contribution in [3.63, 3.8) is 0 Å². The maximum Gasteiger partial charge on any atom is 0.326 e. The van der Waals surface area contributed by atoms with Crippen LogP contribution < -0.4 is 16.0 Å². The van der Waals surface area contributed by atoms with E-state index in [-0.39, 0.29) is 24.0 Å². The van der Waals surface area contributed by atoms with Crippen LogP contribution in [0.25, 0.3) is 0 Å². The van der Waals surface area contributed by atoms with Crippen LogP contribution in [0.3, 0.4) is 0 Å². The minimum absolute atomic E-state index is 0.0757. The van der Waals surface area contributed by atoms with Gasteiger partial charge in [0.2, 0.25) is 5.91 Å². The van der Waals surface area contributed by atoms with Gasteiger partial charge < -0.3 is 21.1 Å². The zero-order chi connectivity index (χ0) is 26.0. The standard InChI is InChI=1S/C28H51N3O4S/c1-2-3-4-5-6-7-8-9-10-11-12-13-14-15-18-22(27(33)34)29-25(32)20-17-16-19-24-26-23(21-36-24)30-28(35)31-26/h22-24,26H,2-21H2,1H3,(H,29,32)(H,33,34)(H2,30,31,35)/t22?,23-,24-,26-/m0/s1. The van der Waals surface area contributed by atoms with Crippen LogP contribution in [-0.4, -0.2) is 52.1 Å². The van der Waals surface area contributed by atoms with Crippen molar-refractivity contribution in [1.29, 1.82) is 0 Å². The average Bonchev–Trinajstić information content (AvgIpc) is 3.40. The highest BCUT2D eigenvalue weighted by Gasteiger charge is 2.42. The zero-order valence-electron chi connectivity index (χ0n) is 22.5. The molecule has 36 heavy (non-hydrogen) atoms. The van der Waals surface area contributed by atoms with E-state index < -0.39 is 12.0 Å². The Labute approximate surface area is 223 Å². The van der Waals surface area contributed by atoms with E-state index in [0.717, 1.165) is 44.3 Å². The predicted octanol–water partition coefficient (Wildman–Crippen LogP) is 6.15. The van der Waals surface area contributed by atoms with E-state index in [1.165, 1.54) is 70.6 Å². The number of amides is 3. The topological polar surface area (TPSA) is 108 Å². The van der Waals surface area contributed by atoms with Gasteiger partial charge in [-0.25, -0.2) is 9.59 Å². The van der Waals surface area contributed by atoms with E-state index in [2.05, 4.69) is 22.9 Å². The van der Waals surface area contributed by atoms with E-state index >= 15 is 0 Å². The van der Waals surface area contributed by atoms with Crippen molar-refractivity contribution in [2.45, 2.75) is 152 Å². The number of hydrogen-bond donors (Lipinski definition) is 4. The highest BCUT2D eigenvalue weighted by molar-refractivity contribution is 8.00. The van der Waals surface area contributed by atoms with Crippen LogP contribution in [-0.2, 0) is 9.59 Å². The molecular formula is C28H51N3O4S. The number of carboxylic acids is 1. The normalized spacial score (nSPS) is 21.6. The van der Waals surface area contributed by atoms with Gasteiger partial charge in [-0.1, -0.05) is 103 Å². The van der Waals surface area contributed by atoms with Crippen LogP contribution in [0.1, 0.15) is 129 Å². The van der Waals surface area contributed by atoms with Crippen LogP contribution in [0.2, 0.25) is 0 Å². The Hall–Kier alpha value is -1.44. The molecule has 0 aliphatic carbocycles. The molecule has 0 aromatic rings. The third kappa shape index (κ3) is 12.7. The second-order valence-electron chi connectivity index (χ2n) is 10.7. The molecule has 0 aromatic heterocycles. The number of hydrogen-bond acceptors (Lipinski definition) is 4. The van der Waals surface area contributed by atoms with E-state index in [4.69, 9.17) is 0 Å². The summed E-state index contributed by atoms with van der Waals surface area (Å²) in [6, 6.07) is -0.436. The molecule has 208 valence electrons. The molecule has 3 amide bonds. The molecule has 2 aliphatic rings. The fourth-order valence-corrected chi connectivity index (χ4v) is 6.88. The monoisotopic (exact) mass is 525 g/mol. The van der Waals surface area contributed by atoms with Crippen molar-refractivity contribution in [3.8, 4) is 0 Å². The van der Waals surface area contributed by atoms with Crippen molar-refractivity contribution in [3.05, 3.63) is 0 Å². The number of carbonyl (C=O) groups excluding carboxylic acids is 2. The van der Waals surface area contributed by atoms with Crippen LogP contribution >= 0.6 is 11.8 Å². The molecule has 0 saturated carbocycles. The Kier molecular flexibility index (Phi) is 16.0. The van der Waals surface area contributed by atoms with Crippen molar-refractivity contribution in [1.82, 2.24) is 16.0 Å². The molecule has 7 nitrogen and oxygen atoms in total. The number of thioether (sulfide) groups is 1. The lowest BCUT2D eigenvalue weighted by molar-refractivity contribution is -0.142. The maximum absolute atomic E-state index is 12.3. The minimum atomic E-state index is -0.934. The van der Waals surface area contributed by atoms with Crippen molar-refractivity contribution in [2.24, 2.45) is 0 Å². The van der Waals surface area contributed by atoms with Gasteiger partial charge in [0, 0.05) is 17.4 Å². The molecule has 2 saturated heterocycles. The molecule has 8 heteroatoms. The Morgan fingerprint density at radius 2 is 1.47 bits per heavy atom. The highest BCUT2D eigenvalue weighted by Crippen LogP contribution is 2.33. The lowest BCUT2D eigenvalue weighted by atomic mass is 10.0. The zero-order valence-corrected chi connectivity index (χ0v) is 23.3. The second kappa shape index (κ2) is 18.8. The SMILES string of the molecule is CCCCCCCCCCCCCCCCC(NC(=O)CCCC[C@@H]1SC[C@@H]2NC(=O)N[C@@H]21)C(=O)O. The summed E-state index contributed by atoms with van der Waals surface area (Å²) in [5.41, 5.74) is 0. The number of rotatable bonds is 22. The number of nitrogens with one attached hydrogen (secondary N) is 3. The van der Waals surface area contributed by atoms with E-state index in [0.29, 0.717) is 18.1 Å². The molecule has 1 unspecified atom stereocenters. The number of unbranched alkanes of at least 4 members (excludes halogenated alkanes) is 14. The minimum Gasteiger partial charge on any atom is -0.480 e. The Bertz CT molecular complexity index is 648. The van der Waals surface area contributed by atoms with Crippen LogP contribution in [0.15, 0.2) is 0 Å². The summed E-state index contributed by atoms with van der Waals surface area (Å²) in [6.07, 6.45) is 21.3. The lowest BCUT2D eigenvalue weighted by Crippen LogP contribution is -2.40. The molecular weight excluding hydrogens is 474 g/mol. The van der Waals surface area contributed by atoms with Gasteiger partial charge in [-0.05, 0) is 19.3 Å². The van der Waals surface area contributed by atoms with Gasteiger partial charge >= 0.3 is 12.0 Å². The smallest absolute Gasteiger partial charge is 0.326 e. The molecule has 2 fully saturated rings. The first kappa shape index (κ1) is 30.8. The molecule has 4 N–H and O–H groups in total.